The highest BCUT2D eigenvalue weighted by atomic mass is 16.5. The number of benzene rings is 1. The summed E-state index contributed by atoms with van der Waals surface area (Å²) in [6.45, 7) is 2.78. The Kier molecular flexibility index (Phi) is 4.34. The summed E-state index contributed by atoms with van der Waals surface area (Å²) >= 11 is 0. The van der Waals surface area contributed by atoms with Gasteiger partial charge in [0.05, 0.1) is 18.9 Å². The third-order valence-electron chi connectivity index (χ3n) is 6.06. The molecule has 0 spiro atoms. The first-order chi connectivity index (χ1) is 12.6. The fourth-order valence-corrected chi connectivity index (χ4v) is 4.68. The van der Waals surface area contributed by atoms with E-state index in [9.17, 15) is 14.7 Å². The van der Waals surface area contributed by atoms with Gasteiger partial charge in [-0.2, -0.15) is 0 Å². The zero-order chi connectivity index (χ0) is 18.3. The van der Waals surface area contributed by atoms with Crippen molar-refractivity contribution >= 4 is 17.6 Å². The highest BCUT2D eigenvalue weighted by Crippen LogP contribution is 2.48. The largest absolute Gasteiger partial charge is 0.497 e. The van der Waals surface area contributed by atoms with Crippen LogP contribution in [0.5, 0.6) is 5.75 Å². The molecular formula is C20H24N2O4. The summed E-state index contributed by atoms with van der Waals surface area (Å²) < 4.78 is 5.19. The Hall–Kier alpha value is -2.50. The minimum Gasteiger partial charge on any atom is -0.497 e. The van der Waals surface area contributed by atoms with Crippen LogP contribution in [0.3, 0.4) is 0 Å². The van der Waals surface area contributed by atoms with Gasteiger partial charge in [-0.15, -0.1) is 0 Å². The van der Waals surface area contributed by atoms with Crippen LogP contribution >= 0.6 is 0 Å². The number of anilines is 1. The van der Waals surface area contributed by atoms with E-state index in [0.29, 0.717) is 13.1 Å². The summed E-state index contributed by atoms with van der Waals surface area (Å²) in [6, 6.07) is 7.92. The van der Waals surface area contributed by atoms with Gasteiger partial charge in [-0.1, -0.05) is 12.2 Å². The standard InChI is InChI=1S/C20H24N2O4/c1-26-16-6-4-15(5-7-16)21-8-10-22(11-9-21)19(23)17-13-2-3-14(12-13)18(17)20(24)25/h2-7,13-14,17-18H,8-12H2,1H3,(H,24,25). The molecule has 1 amide bonds. The second-order valence-corrected chi connectivity index (χ2v) is 7.35. The van der Waals surface area contributed by atoms with Crippen molar-refractivity contribution in [3.63, 3.8) is 0 Å². The smallest absolute Gasteiger partial charge is 0.307 e. The van der Waals surface area contributed by atoms with Gasteiger partial charge in [0.25, 0.3) is 0 Å². The number of carbonyl (C=O) groups is 2. The van der Waals surface area contributed by atoms with Crippen LogP contribution in [0.15, 0.2) is 36.4 Å². The average Bonchev–Trinajstić information content (AvgIpc) is 3.29. The molecule has 138 valence electrons. The Labute approximate surface area is 153 Å². The minimum atomic E-state index is -0.836. The van der Waals surface area contributed by atoms with Crippen molar-refractivity contribution < 1.29 is 19.4 Å². The van der Waals surface area contributed by atoms with Crippen molar-refractivity contribution in [3.8, 4) is 5.75 Å². The molecule has 1 N–H and O–H groups in total. The van der Waals surface area contributed by atoms with Crippen LogP contribution in [0.4, 0.5) is 5.69 Å². The number of methoxy groups -OCH3 is 1. The van der Waals surface area contributed by atoms with E-state index in [-0.39, 0.29) is 17.7 Å². The number of fused-ring (bicyclic) bond motifs is 2. The van der Waals surface area contributed by atoms with Crippen molar-refractivity contribution in [3.05, 3.63) is 36.4 Å². The van der Waals surface area contributed by atoms with Crippen molar-refractivity contribution in [2.45, 2.75) is 6.42 Å². The van der Waals surface area contributed by atoms with Crippen LogP contribution in [0, 0.1) is 23.7 Å². The molecule has 3 aliphatic rings. The van der Waals surface area contributed by atoms with Crippen molar-refractivity contribution in [2.24, 2.45) is 23.7 Å². The normalized spacial score (nSPS) is 29.9. The average molecular weight is 356 g/mol. The van der Waals surface area contributed by atoms with E-state index in [0.717, 1.165) is 30.9 Å². The molecule has 6 heteroatoms. The van der Waals surface area contributed by atoms with Crippen LogP contribution in [0.2, 0.25) is 0 Å². The molecule has 6 nitrogen and oxygen atoms in total. The number of piperazine rings is 1. The lowest BCUT2D eigenvalue weighted by Crippen LogP contribution is -2.52. The van der Waals surface area contributed by atoms with E-state index in [2.05, 4.69) is 4.90 Å². The monoisotopic (exact) mass is 356 g/mol. The highest BCUT2D eigenvalue weighted by Gasteiger charge is 2.52. The van der Waals surface area contributed by atoms with Crippen molar-refractivity contribution in [1.82, 2.24) is 4.90 Å². The van der Waals surface area contributed by atoms with E-state index in [1.165, 1.54) is 0 Å². The third kappa shape index (κ3) is 2.83. The number of rotatable bonds is 4. The van der Waals surface area contributed by atoms with Crippen LogP contribution < -0.4 is 9.64 Å². The first kappa shape index (κ1) is 16.9. The second-order valence-electron chi connectivity index (χ2n) is 7.35. The maximum atomic E-state index is 13.0. The van der Waals surface area contributed by atoms with Gasteiger partial charge in [0.2, 0.25) is 5.91 Å². The Morgan fingerprint density at radius 3 is 2.19 bits per heavy atom. The molecule has 1 heterocycles. The first-order valence-electron chi connectivity index (χ1n) is 9.17. The number of hydrogen-bond acceptors (Lipinski definition) is 4. The lowest BCUT2D eigenvalue weighted by Gasteiger charge is -2.38. The second kappa shape index (κ2) is 6.67. The predicted molar refractivity (Wildman–Crippen MR) is 97.1 cm³/mol. The fraction of sp³-hybridized carbons (Fsp3) is 0.500. The number of amides is 1. The number of hydrogen-bond donors (Lipinski definition) is 1. The lowest BCUT2D eigenvalue weighted by atomic mass is 9.82. The lowest BCUT2D eigenvalue weighted by molar-refractivity contribution is -0.151. The summed E-state index contributed by atoms with van der Waals surface area (Å²) in [4.78, 5) is 28.8. The topological polar surface area (TPSA) is 70.1 Å². The molecule has 1 aromatic carbocycles. The van der Waals surface area contributed by atoms with Crippen LogP contribution in [-0.4, -0.2) is 55.2 Å². The zero-order valence-electron chi connectivity index (χ0n) is 14.9. The van der Waals surface area contributed by atoms with Gasteiger partial charge >= 0.3 is 5.97 Å². The summed E-state index contributed by atoms with van der Waals surface area (Å²) in [5.74, 6) is -0.834. The number of nitrogens with zero attached hydrogens (tertiary/aromatic N) is 2. The van der Waals surface area contributed by atoms with E-state index in [4.69, 9.17) is 4.74 Å². The summed E-state index contributed by atoms with van der Waals surface area (Å²) in [6.07, 6.45) is 4.83. The molecule has 2 bridgehead atoms. The molecule has 4 unspecified atom stereocenters. The van der Waals surface area contributed by atoms with Gasteiger partial charge in [0, 0.05) is 31.9 Å². The molecule has 0 radical (unpaired) electrons. The van der Waals surface area contributed by atoms with Gasteiger partial charge in [-0.05, 0) is 42.5 Å². The van der Waals surface area contributed by atoms with Gasteiger partial charge < -0.3 is 19.6 Å². The minimum absolute atomic E-state index is 0.0173. The third-order valence-corrected chi connectivity index (χ3v) is 6.06. The number of carboxylic acids is 1. The number of ether oxygens (including phenoxy) is 1. The molecule has 4 atom stereocenters. The Morgan fingerprint density at radius 1 is 1.00 bits per heavy atom. The number of carboxylic acid groups (broad SMARTS) is 1. The van der Waals surface area contributed by atoms with E-state index >= 15 is 0 Å². The molecule has 1 saturated heterocycles. The number of allylic oxidation sites excluding steroid dienone is 2. The molecule has 26 heavy (non-hydrogen) atoms. The Balaban J connectivity index is 1.40. The quantitative estimate of drug-likeness (QED) is 0.834. The Bertz CT molecular complexity index is 722. The SMILES string of the molecule is COc1ccc(N2CCN(C(=O)C3C4C=CC(C4)C3C(=O)O)CC2)cc1. The maximum absolute atomic E-state index is 13.0. The summed E-state index contributed by atoms with van der Waals surface area (Å²) in [5.41, 5.74) is 1.11. The number of aliphatic carboxylic acids is 1. The van der Waals surface area contributed by atoms with E-state index < -0.39 is 17.8 Å². The van der Waals surface area contributed by atoms with Gasteiger partial charge in [0.15, 0.2) is 0 Å². The van der Waals surface area contributed by atoms with E-state index in [1.54, 1.807) is 7.11 Å². The van der Waals surface area contributed by atoms with Gasteiger partial charge in [-0.25, -0.2) is 0 Å². The Morgan fingerprint density at radius 2 is 1.62 bits per heavy atom. The molecule has 1 saturated carbocycles. The molecule has 1 aromatic rings. The van der Waals surface area contributed by atoms with Crippen LogP contribution in [0.25, 0.3) is 0 Å². The number of carbonyl (C=O) groups excluding carboxylic acids is 1. The van der Waals surface area contributed by atoms with Gasteiger partial charge in [0.1, 0.15) is 5.75 Å². The molecule has 1 aliphatic heterocycles. The first-order valence-corrected chi connectivity index (χ1v) is 9.17. The predicted octanol–water partition coefficient (Wildman–Crippen LogP) is 1.87. The summed E-state index contributed by atoms with van der Waals surface area (Å²) in [7, 11) is 1.65. The molecular weight excluding hydrogens is 332 g/mol. The van der Waals surface area contributed by atoms with Crippen molar-refractivity contribution in [2.75, 3.05) is 38.2 Å². The van der Waals surface area contributed by atoms with Gasteiger partial charge in [-0.3, -0.25) is 9.59 Å². The van der Waals surface area contributed by atoms with E-state index in [1.807, 2.05) is 41.3 Å². The summed E-state index contributed by atoms with van der Waals surface area (Å²) in [5, 5.41) is 9.56. The van der Waals surface area contributed by atoms with Crippen molar-refractivity contribution in [1.29, 1.82) is 0 Å². The molecule has 0 aromatic heterocycles. The van der Waals surface area contributed by atoms with Crippen LogP contribution in [-0.2, 0) is 9.59 Å². The fourth-order valence-electron chi connectivity index (χ4n) is 4.68. The highest BCUT2D eigenvalue weighted by molar-refractivity contribution is 5.87. The molecule has 2 aliphatic carbocycles. The van der Waals surface area contributed by atoms with Crippen LogP contribution in [0.1, 0.15) is 6.42 Å². The zero-order valence-corrected chi connectivity index (χ0v) is 14.9. The molecule has 4 rings (SSSR count). The molecule has 2 fully saturated rings. The maximum Gasteiger partial charge on any atom is 0.307 e.